The standard InChI is InChI=1S/C29H24F2N2O4S.C23H19N3O4S.C22H18Br2N2O4S.C22H17BrF2N2O4S/c1-19-14-22(32-37-19)16-27(34)28(15-20-8-2-5-11-24(20)30)38(35,36)29-18-33(26-13-7-4-10-23(26)29)17-21-9-3-6-12-25(21)31;1-16-9-19(25-30-16)11-20(27)15-31(28,29)23-14-26(22-8-3-2-7-21(22)23)13-18-6-4-5-17(10-18)12-24;1-14-6-18(25-30-14)10-19(27)13-31(28,29)22-12-26(21-5-3-2-4-20(21)22)11-15-7-16(23)9-17(24)8-15;1-13-5-17(26-31-13)9-18(28)12-32(29,30)21-11-27(10-14-3-2-4-15(23)6-14)20-8-16(24)7-19(25)22(20)21/h2-14,18,28H,15-17H2,1H3;2-10,14H,11,13,15H2,1H3;2-9,12H,10-11,13H2,1H3;2-8,11H,9-10,12H2,1H3. The molecule has 1 unspecified atom stereocenters. The Bertz CT molecular complexity index is 7800. The van der Waals surface area contributed by atoms with Crippen LogP contribution < -0.4 is 0 Å². The Morgan fingerprint density at radius 3 is 1.21 bits per heavy atom. The van der Waals surface area contributed by atoms with Crippen LogP contribution in [0.5, 0.6) is 0 Å². The number of nitrogens with zero attached hydrogens (tertiary/aromatic N) is 9. The number of sulfone groups is 4. The van der Waals surface area contributed by atoms with Gasteiger partial charge in [0.2, 0.25) is 0 Å². The van der Waals surface area contributed by atoms with E-state index in [9.17, 15) is 70.4 Å². The van der Waals surface area contributed by atoms with E-state index in [2.05, 4.69) is 74.5 Å². The van der Waals surface area contributed by atoms with Crippen molar-refractivity contribution in [1.29, 1.82) is 5.26 Å². The predicted octanol–water partition coefficient (Wildman–Crippen LogP) is 18.6. The first kappa shape index (κ1) is 95.2. The maximum atomic E-state index is 14.7. The van der Waals surface area contributed by atoms with Crippen molar-refractivity contribution < 1.29 is 88.5 Å². The summed E-state index contributed by atoms with van der Waals surface area (Å²) in [6.07, 6.45) is 4.79. The van der Waals surface area contributed by atoms with Gasteiger partial charge in [-0.05, 0) is 135 Å². The van der Waals surface area contributed by atoms with E-state index in [0.717, 1.165) is 47.2 Å². The van der Waals surface area contributed by atoms with Crippen molar-refractivity contribution in [2.45, 2.75) is 111 Å². The van der Waals surface area contributed by atoms with E-state index in [1.54, 1.807) is 160 Å². The molecule has 0 N–H and O–H groups in total. The molecule has 8 aromatic heterocycles. The monoisotopic (exact) mass is 2050 g/mol. The summed E-state index contributed by atoms with van der Waals surface area (Å²) in [6, 6.07) is 63.8. The molecule has 0 saturated heterocycles. The number of aromatic nitrogens is 8. The van der Waals surface area contributed by atoms with Crippen molar-refractivity contribution in [2.24, 2.45) is 0 Å². The van der Waals surface area contributed by atoms with Crippen LogP contribution in [0.3, 0.4) is 0 Å². The zero-order valence-corrected chi connectivity index (χ0v) is 78.6. The Kier molecular flexibility index (Phi) is 29.5. The van der Waals surface area contributed by atoms with Crippen LogP contribution in [0.2, 0.25) is 0 Å². The van der Waals surface area contributed by atoms with Gasteiger partial charge >= 0.3 is 0 Å². The van der Waals surface area contributed by atoms with E-state index in [4.69, 9.17) is 23.4 Å². The fraction of sp³-hybridized carbons (Fsp3) is 0.177. The molecular formula is C96H78Br3F4N9O16S4. The molecule has 676 valence electrons. The molecule has 0 aliphatic heterocycles. The van der Waals surface area contributed by atoms with Gasteiger partial charge in [-0.15, -0.1) is 0 Å². The van der Waals surface area contributed by atoms with E-state index in [-0.39, 0.29) is 81.2 Å². The normalized spacial score (nSPS) is 12.0. The molecule has 8 heterocycles. The van der Waals surface area contributed by atoms with Crippen molar-refractivity contribution in [3.63, 3.8) is 0 Å². The summed E-state index contributed by atoms with van der Waals surface area (Å²) in [5, 5.41) is 23.9. The van der Waals surface area contributed by atoms with Crippen LogP contribution in [0.4, 0.5) is 17.6 Å². The van der Waals surface area contributed by atoms with Crippen molar-refractivity contribution in [3.8, 4) is 6.07 Å². The number of aryl methyl sites for hydroxylation is 4. The Hall–Kier alpha value is -12.9. The second-order valence-corrected chi connectivity index (χ2v) is 42.0. The van der Waals surface area contributed by atoms with Gasteiger partial charge in [0, 0.05) is 126 Å². The molecule has 0 aliphatic rings. The number of nitriles is 1. The molecule has 0 amide bonds. The molecule has 36 heteroatoms. The second-order valence-electron chi connectivity index (χ2n) is 31.2. The number of hydrogen-bond donors (Lipinski definition) is 0. The first-order valence-electron chi connectivity index (χ1n) is 40.5. The fourth-order valence-electron chi connectivity index (χ4n) is 15.2. The molecule has 17 aromatic rings. The van der Waals surface area contributed by atoms with Crippen LogP contribution >= 0.6 is 47.8 Å². The molecule has 0 radical (unpaired) electrons. The fourth-order valence-corrected chi connectivity index (χ4v) is 23.4. The number of halogens is 7. The highest BCUT2D eigenvalue weighted by Crippen LogP contribution is 2.36. The SMILES string of the molecule is Cc1cc(CC(=O)C(Cc2ccccc2F)S(=O)(=O)c2cn(Cc3ccccc3F)c3ccccc23)no1.Cc1cc(CC(=O)CS(=O)(=O)c2cn(Cc3cc(Br)cc(Br)c3)c3ccccc23)no1.Cc1cc(CC(=O)CS(=O)(=O)c2cn(Cc3cccc(Br)c3)c3cc(F)cc(F)c23)no1.Cc1cc(CC(=O)CS(=O)(=O)c2cn(Cc3cccc(C#N)c3)c3ccccc23)no1. The molecule has 132 heavy (non-hydrogen) atoms. The van der Waals surface area contributed by atoms with E-state index in [1.807, 2.05) is 75.9 Å². The highest BCUT2D eigenvalue weighted by Gasteiger charge is 2.38. The zero-order chi connectivity index (χ0) is 94.1. The summed E-state index contributed by atoms with van der Waals surface area (Å²) in [4.78, 5) is 50.6. The minimum absolute atomic E-state index is 0.0736. The lowest BCUT2D eigenvalue weighted by molar-refractivity contribution is -0.118. The second kappa shape index (κ2) is 40.9. The van der Waals surface area contributed by atoms with Gasteiger partial charge in [-0.25, -0.2) is 51.2 Å². The predicted molar refractivity (Wildman–Crippen MR) is 495 cm³/mol. The van der Waals surface area contributed by atoms with Crippen molar-refractivity contribution in [3.05, 3.63) is 365 Å². The van der Waals surface area contributed by atoms with Gasteiger partial charge in [-0.3, -0.25) is 19.2 Å². The third-order valence-corrected chi connectivity index (χ3v) is 29.6. The molecule has 0 bridgehead atoms. The maximum Gasteiger partial charge on any atom is 0.190 e. The lowest BCUT2D eigenvalue weighted by Gasteiger charge is -2.17. The number of hydrogen-bond acceptors (Lipinski definition) is 21. The number of para-hydroxylation sites is 3. The Morgan fingerprint density at radius 2 is 0.758 bits per heavy atom. The number of carbonyl (C=O) groups is 4. The number of carbonyl (C=O) groups excluding carboxylic acids is 4. The number of fused-ring (bicyclic) bond motifs is 4. The average molecular weight is 2060 g/mol. The molecule has 25 nitrogen and oxygen atoms in total. The van der Waals surface area contributed by atoms with E-state index < -0.39 is 108 Å². The Balaban J connectivity index is 0.000000142. The van der Waals surface area contributed by atoms with E-state index in [0.29, 0.717) is 97.8 Å². The molecule has 0 fully saturated rings. The third-order valence-electron chi connectivity index (χ3n) is 21.0. The maximum absolute atomic E-state index is 14.7. The number of Topliss-reactive ketones (excluding diaryl/α,β-unsaturated/α-hetero) is 4. The summed E-state index contributed by atoms with van der Waals surface area (Å²) in [5.74, 6) is -4.90. The summed E-state index contributed by atoms with van der Waals surface area (Å²) in [5.41, 5.74) is 7.34. The minimum atomic E-state index is -4.33. The number of ketones is 4. The van der Waals surface area contributed by atoms with Gasteiger partial charge in [0.05, 0.1) is 97.1 Å². The van der Waals surface area contributed by atoms with Gasteiger partial charge in [0.1, 0.15) is 68.8 Å². The van der Waals surface area contributed by atoms with E-state index in [1.165, 1.54) is 47.3 Å². The lowest BCUT2D eigenvalue weighted by atomic mass is 10.0. The van der Waals surface area contributed by atoms with Crippen LogP contribution in [0.15, 0.2) is 300 Å². The van der Waals surface area contributed by atoms with Gasteiger partial charge in [-0.1, -0.05) is 184 Å². The number of benzene rings is 9. The largest absolute Gasteiger partial charge is 0.361 e. The van der Waals surface area contributed by atoms with Crippen molar-refractivity contribution in [1.82, 2.24) is 38.9 Å². The lowest BCUT2D eigenvalue weighted by Crippen LogP contribution is -2.34. The Morgan fingerprint density at radius 1 is 0.379 bits per heavy atom. The molecule has 0 saturated carbocycles. The molecule has 17 rings (SSSR count). The van der Waals surface area contributed by atoms with Crippen molar-refractivity contribution >= 4 is 154 Å². The number of rotatable bonds is 30. The smallest absolute Gasteiger partial charge is 0.190 e. The average Bonchev–Trinajstić information content (AvgIpc) is 1.57. The van der Waals surface area contributed by atoms with Crippen molar-refractivity contribution in [2.75, 3.05) is 17.3 Å². The molecule has 1 atom stereocenters. The molecule has 0 aliphatic carbocycles. The molecule has 0 spiro atoms. The first-order chi connectivity index (χ1) is 62.9. The van der Waals surface area contributed by atoms with Crippen LogP contribution in [0.25, 0.3) is 43.6 Å². The quantitative estimate of drug-likeness (QED) is 0.0377. The summed E-state index contributed by atoms with van der Waals surface area (Å²) < 4.78 is 194. The van der Waals surface area contributed by atoms with Crippen LogP contribution in [0, 0.1) is 62.3 Å². The van der Waals surface area contributed by atoms with Gasteiger partial charge in [0.25, 0.3) is 0 Å². The topological polar surface area (TPSA) is 352 Å². The van der Waals surface area contributed by atoms with E-state index >= 15 is 0 Å². The summed E-state index contributed by atoms with van der Waals surface area (Å²) >= 11 is 10.3. The van der Waals surface area contributed by atoms with Gasteiger partial charge < -0.3 is 36.4 Å². The summed E-state index contributed by atoms with van der Waals surface area (Å²) in [6.45, 7) is 7.90. The zero-order valence-electron chi connectivity index (χ0n) is 70.6. The van der Waals surface area contributed by atoms with Crippen LogP contribution in [-0.4, -0.2) is 118 Å². The van der Waals surface area contributed by atoms with Gasteiger partial charge in [-0.2, -0.15) is 5.26 Å². The molecular weight excluding hydrogens is 1980 g/mol. The highest BCUT2D eigenvalue weighted by molar-refractivity contribution is 9.11. The first-order valence-corrected chi connectivity index (χ1v) is 49.4. The van der Waals surface area contributed by atoms with Crippen LogP contribution in [-0.2, 0) is 117 Å². The van der Waals surface area contributed by atoms with Crippen LogP contribution in [0.1, 0.15) is 79.2 Å². The summed E-state index contributed by atoms with van der Waals surface area (Å²) in [7, 11) is -16.2. The van der Waals surface area contributed by atoms with Gasteiger partial charge in [0.15, 0.2) is 62.5 Å². The molecule has 9 aromatic carbocycles. The Labute approximate surface area is 779 Å². The minimum Gasteiger partial charge on any atom is -0.361 e. The highest BCUT2D eigenvalue weighted by atomic mass is 79.9. The third kappa shape index (κ3) is 23.2.